The first kappa shape index (κ1) is 21.4. The Labute approximate surface area is 148 Å². The second-order valence-electron chi connectivity index (χ2n) is 5.90. The Morgan fingerprint density at radius 3 is 2.04 bits per heavy atom. The molecule has 0 bridgehead atoms. The van der Waals surface area contributed by atoms with E-state index in [0.29, 0.717) is 18.8 Å². The largest absolute Gasteiger partial charge is 0.368 e. The van der Waals surface area contributed by atoms with E-state index in [1.807, 2.05) is 0 Å². The van der Waals surface area contributed by atoms with Gasteiger partial charge in [-0.2, -0.15) is 0 Å². The molecule has 1 aromatic carbocycles. The molecule has 7 nitrogen and oxygen atoms in total. The van der Waals surface area contributed by atoms with Gasteiger partial charge in [-0.3, -0.25) is 14.2 Å². The van der Waals surface area contributed by atoms with Crippen molar-refractivity contribution >= 4 is 19.4 Å². The second-order valence-corrected chi connectivity index (χ2v) is 7.95. The summed E-state index contributed by atoms with van der Waals surface area (Å²) in [5.41, 5.74) is 6.42. The average molecular weight is 370 g/mol. The monoisotopic (exact) mass is 370 g/mol. The Bertz CT molecular complexity index is 620. The van der Waals surface area contributed by atoms with E-state index in [9.17, 15) is 14.2 Å². The molecule has 8 heteroatoms. The van der Waals surface area contributed by atoms with Gasteiger partial charge in [-0.05, 0) is 37.5 Å². The van der Waals surface area contributed by atoms with Crippen LogP contribution < -0.4 is 11.1 Å². The number of rotatable bonds is 10. The normalized spacial score (nSPS) is 12.8. The number of hydrogen-bond acceptors (Lipinski definition) is 5. The van der Waals surface area contributed by atoms with Gasteiger partial charge >= 0.3 is 7.60 Å². The molecule has 0 fully saturated rings. The minimum Gasteiger partial charge on any atom is -0.368 e. The van der Waals surface area contributed by atoms with E-state index < -0.39 is 19.5 Å². The fourth-order valence-corrected chi connectivity index (χ4v) is 4.00. The van der Waals surface area contributed by atoms with Gasteiger partial charge in [0.2, 0.25) is 5.91 Å². The molecule has 140 valence electrons. The highest BCUT2D eigenvalue weighted by Gasteiger charge is 2.25. The average Bonchev–Trinajstić information content (AvgIpc) is 2.52. The molecule has 0 aliphatic heterocycles. The summed E-state index contributed by atoms with van der Waals surface area (Å²) in [6, 6.07) is 5.85. The first-order chi connectivity index (χ1) is 11.7. The van der Waals surface area contributed by atoms with Gasteiger partial charge in [0.25, 0.3) is 5.91 Å². The summed E-state index contributed by atoms with van der Waals surface area (Å²) in [7, 11) is -3.19. The molecule has 0 saturated heterocycles. The Hall–Kier alpha value is -1.69. The lowest BCUT2D eigenvalue weighted by atomic mass is 10.0. The van der Waals surface area contributed by atoms with E-state index in [-0.39, 0.29) is 18.0 Å². The van der Waals surface area contributed by atoms with Crippen LogP contribution >= 0.6 is 7.60 Å². The van der Waals surface area contributed by atoms with Crippen LogP contribution in [0, 0.1) is 5.92 Å². The number of carbonyl (C=O) groups is 2. The highest BCUT2D eigenvalue weighted by atomic mass is 31.2. The van der Waals surface area contributed by atoms with E-state index in [0.717, 1.165) is 5.56 Å². The summed E-state index contributed by atoms with van der Waals surface area (Å²) in [6.45, 7) is 7.70. The van der Waals surface area contributed by atoms with Crippen molar-refractivity contribution in [2.45, 2.75) is 39.9 Å². The zero-order valence-electron chi connectivity index (χ0n) is 15.2. The predicted molar refractivity (Wildman–Crippen MR) is 96.3 cm³/mol. The fraction of sp³-hybridized carbons (Fsp3) is 0.529. The maximum atomic E-state index is 12.5. The molecule has 0 radical (unpaired) electrons. The highest BCUT2D eigenvalue weighted by Crippen LogP contribution is 2.51. The van der Waals surface area contributed by atoms with Gasteiger partial charge in [0.15, 0.2) is 0 Å². The molecule has 3 N–H and O–H groups in total. The maximum Gasteiger partial charge on any atom is 0.335 e. The molecule has 0 aliphatic rings. The van der Waals surface area contributed by atoms with Gasteiger partial charge in [0, 0.05) is 5.56 Å². The number of carbonyl (C=O) groups excluding carboxylic acids is 2. The van der Waals surface area contributed by atoms with Crippen molar-refractivity contribution < 1.29 is 23.2 Å². The fourth-order valence-electron chi connectivity index (χ4n) is 2.30. The van der Waals surface area contributed by atoms with Crippen molar-refractivity contribution in [1.82, 2.24) is 5.32 Å². The number of hydrogen-bond donors (Lipinski definition) is 2. The van der Waals surface area contributed by atoms with E-state index in [4.69, 9.17) is 14.8 Å². The second kappa shape index (κ2) is 9.70. The smallest absolute Gasteiger partial charge is 0.335 e. The van der Waals surface area contributed by atoms with Gasteiger partial charge < -0.3 is 20.1 Å². The third-order valence-electron chi connectivity index (χ3n) is 3.50. The third kappa shape index (κ3) is 6.61. The summed E-state index contributed by atoms with van der Waals surface area (Å²) in [4.78, 5) is 23.6. The minimum absolute atomic E-state index is 0.107. The number of benzene rings is 1. The molecule has 0 saturated carbocycles. The molecule has 2 amide bonds. The quantitative estimate of drug-likeness (QED) is 0.616. The first-order valence-electron chi connectivity index (χ1n) is 8.29. The topological polar surface area (TPSA) is 108 Å². The van der Waals surface area contributed by atoms with Crippen LogP contribution in [0.3, 0.4) is 0 Å². The molecule has 1 aromatic rings. The molecule has 25 heavy (non-hydrogen) atoms. The van der Waals surface area contributed by atoms with Crippen LogP contribution in [0.1, 0.15) is 43.6 Å². The Kier molecular flexibility index (Phi) is 8.29. The molecule has 0 heterocycles. The third-order valence-corrected chi connectivity index (χ3v) is 5.56. The molecular weight excluding hydrogens is 343 g/mol. The lowest BCUT2D eigenvalue weighted by molar-refractivity contribution is -0.120. The molecule has 0 spiro atoms. The Morgan fingerprint density at radius 2 is 1.64 bits per heavy atom. The molecule has 1 rings (SSSR count). The maximum absolute atomic E-state index is 12.5. The van der Waals surface area contributed by atoms with Gasteiger partial charge in [0.05, 0.1) is 19.4 Å². The predicted octanol–water partition coefficient (Wildman–Crippen LogP) is 2.69. The van der Waals surface area contributed by atoms with Crippen LogP contribution in [0.5, 0.6) is 0 Å². The van der Waals surface area contributed by atoms with Crippen LogP contribution in [0.15, 0.2) is 24.3 Å². The number of nitrogens with two attached hydrogens (primary N) is 1. The van der Waals surface area contributed by atoms with Gasteiger partial charge in [0.1, 0.15) is 6.04 Å². The van der Waals surface area contributed by atoms with E-state index in [2.05, 4.69) is 5.32 Å². The Balaban J connectivity index is 2.83. The minimum atomic E-state index is -3.19. The SMILES string of the molecule is CCOP(=O)(Cc1ccc(C(=O)N[C@@H](C(N)=O)C(C)C)cc1)OCC. The van der Waals surface area contributed by atoms with E-state index in [1.54, 1.807) is 52.0 Å². The zero-order valence-corrected chi connectivity index (χ0v) is 16.0. The van der Waals surface area contributed by atoms with Crippen molar-refractivity contribution in [2.24, 2.45) is 11.7 Å². The molecule has 0 aromatic heterocycles. The van der Waals surface area contributed by atoms with Crippen molar-refractivity contribution in [3.63, 3.8) is 0 Å². The summed E-state index contributed by atoms with van der Waals surface area (Å²) in [5, 5.41) is 2.62. The van der Waals surface area contributed by atoms with Crippen LogP contribution in [0.4, 0.5) is 0 Å². The number of primary amides is 1. The molecule has 0 aliphatic carbocycles. The molecule has 1 atom stereocenters. The van der Waals surface area contributed by atoms with Crippen molar-refractivity contribution in [2.75, 3.05) is 13.2 Å². The zero-order chi connectivity index (χ0) is 19.0. The highest BCUT2D eigenvalue weighted by molar-refractivity contribution is 7.53. The number of amides is 2. The van der Waals surface area contributed by atoms with Crippen LogP contribution in [0.25, 0.3) is 0 Å². The van der Waals surface area contributed by atoms with Crippen LogP contribution in [-0.4, -0.2) is 31.1 Å². The summed E-state index contributed by atoms with van der Waals surface area (Å²) >= 11 is 0. The van der Waals surface area contributed by atoms with Gasteiger partial charge in [-0.1, -0.05) is 26.0 Å². The van der Waals surface area contributed by atoms with E-state index in [1.165, 1.54) is 0 Å². The summed E-state index contributed by atoms with van der Waals surface area (Å²) in [6.07, 6.45) is 0.131. The van der Waals surface area contributed by atoms with Crippen LogP contribution in [-0.2, 0) is 24.6 Å². The standard InChI is InChI=1S/C17H27N2O5P/c1-5-23-25(22,24-6-2)11-13-7-9-14(10-8-13)17(21)19-15(12(3)4)16(18)20/h7-10,12,15H,5-6,11H2,1-4H3,(H2,18,20)(H,19,21)/t15-/m1/s1. The van der Waals surface area contributed by atoms with Crippen molar-refractivity contribution in [1.29, 1.82) is 0 Å². The Morgan fingerprint density at radius 1 is 1.12 bits per heavy atom. The van der Waals surface area contributed by atoms with Gasteiger partial charge in [-0.25, -0.2) is 0 Å². The van der Waals surface area contributed by atoms with Gasteiger partial charge in [-0.15, -0.1) is 0 Å². The summed E-state index contributed by atoms with van der Waals surface area (Å²) < 4.78 is 23.0. The van der Waals surface area contributed by atoms with Crippen molar-refractivity contribution in [3.8, 4) is 0 Å². The lowest BCUT2D eigenvalue weighted by Gasteiger charge is -2.19. The van der Waals surface area contributed by atoms with Crippen molar-refractivity contribution in [3.05, 3.63) is 35.4 Å². The van der Waals surface area contributed by atoms with E-state index >= 15 is 0 Å². The van der Waals surface area contributed by atoms with Crippen LogP contribution in [0.2, 0.25) is 0 Å². The lowest BCUT2D eigenvalue weighted by Crippen LogP contribution is -2.47. The number of nitrogens with one attached hydrogen (secondary N) is 1. The first-order valence-corrected chi connectivity index (χ1v) is 10.0. The molecule has 0 unspecified atom stereocenters. The summed E-state index contributed by atoms with van der Waals surface area (Å²) in [5.74, 6) is -1.07. The molecular formula is C17H27N2O5P.